The van der Waals surface area contributed by atoms with Crippen LogP contribution < -0.4 is 5.73 Å². The number of amides is 2. The van der Waals surface area contributed by atoms with Gasteiger partial charge in [-0.05, 0) is 51.3 Å². The number of primary amides is 1. The number of likely N-dealkylation sites (tertiary alicyclic amines) is 2. The fourth-order valence-corrected chi connectivity index (χ4v) is 5.66. The van der Waals surface area contributed by atoms with Crippen LogP contribution in [0.4, 0.5) is 4.79 Å². The van der Waals surface area contributed by atoms with Gasteiger partial charge in [-0.25, -0.2) is 4.79 Å². The standard InChI is InChI=1S/C23H34N4O4/c1-22(2,3)31-21(29)27-13-18(14-27)26-11-16-6-5-7-17(12-26)23(16,30-4)15-8-9-25-19(10-15)20(24)28/h8-10,16-18H,5-7,11-14H2,1-4H3,(H2,24,28)/t16-,17+,23?. The maximum atomic E-state index is 12.3. The summed E-state index contributed by atoms with van der Waals surface area (Å²) in [6.45, 7) is 8.89. The van der Waals surface area contributed by atoms with Crippen LogP contribution >= 0.6 is 0 Å². The monoisotopic (exact) mass is 430 g/mol. The maximum Gasteiger partial charge on any atom is 0.410 e. The van der Waals surface area contributed by atoms with Crippen molar-refractivity contribution < 1.29 is 19.1 Å². The molecular weight excluding hydrogens is 396 g/mol. The van der Waals surface area contributed by atoms with Crippen LogP contribution in [0.3, 0.4) is 0 Å². The third-order valence-electron chi connectivity index (χ3n) is 7.06. The second kappa shape index (κ2) is 8.06. The van der Waals surface area contributed by atoms with Crippen LogP contribution in [-0.4, -0.2) is 71.7 Å². The number of methoxy groups -OCH3 is 1. The van der Waals surface area contributed by atoms with Gasteiger partial charge in [-0.3, -0.25) is 14.7 Å². The van der Waals surface area contributed by atoms with Crippen molar-refractivity contribution in [1.82, 2.24) is 14.8 Å². The molecule has 2 amide bonds. The molecular formula is C23H34N4O4. The fourth-order valence-electron chi connectivity index (χ4n) is 5.66. The molecule has 1 aromatic heterocycles. The molecule has 3 heterocycles. The maximum absolute atomic E-state index is 12.3. The van der Waals surface area contributed by atoms with Crippen molar-refractivity contribution in [3.8, 4) is 0 Å². The predicted octanol–water partition coefficient (Wildman–Crippen LogP) is 2.37. The summed E-state index contributed by atoms with van der Waals surface area (Å²) in [6.07, 6.45) is 4.73. The predicted molar refractivity (Wildman–Crippen MR) is 115 cm³/mol. The van der Waals surface area contributed by atoms with Gasteiger partial charge >= 0.3 is 6.09 Å². The van der Waals surface area contributed by atoms with Gasteiger partial charge in [0.15, 0.2) is 0 Å². The number of fused-ring (bicyclic) bond motifs is 2. The molecule has 1 saturated carbocycles. The summed E-state index contributed by atoms with van der Waals surface area (Å²) in [5.74, 6) is 0.0970. The number of carbonyl (C=O) groups excluding carboxylic acids is 2. The average molecular weight is 431 g/mol. The molecule has 4 rings (SSSR count). The second-order valence-electron chi connectivity index (χ2n) is 10.1. The SMILES string of the molecule is COC1(c2ccnc(C(N)=O)c2)[C@@H]2CCC[C@H]1CN(C1CN(C(=O)OC(C)(C)C)C1)C2. The largest absolute Gasteiger partial charge is 0.444 e. The molecule has 0 aromatic carbocycles. The molecule has 2 bridgehead atoms. The lowest BCUT2D eigenvalue weighted by molar-refractivity contribution is -0.180. The molecule has 2 aliphatic heterocycles. The van der Waals surface area contributed by atoms with Crippen molar-refractivity contribution in [1.29, 1.82) is 0 Å². The van der Waals surface area contributed by atoms with Crippen LogP contribution in [0.25, 0.3) is 0 Å². The van der Waals surface area contributed by atoms with E-state index < -0.39 is 17.1 Å². The number of hydrogen-bond acceptors (Lipinski definition) is 6. The molecule has 1 aromatic rings. The van der Waals surface area contributed by atoms with Crippen LogP contribution in [0.2, 0.25) is 0 Å². The number of piperidine rings is 1. The summed E-state index contributed by atoms with van der Waals surface area (Å²) in [4.78, 5) is 32.4. The first-order chi connectivity index (χ1) is 14.6. The zero-order chi connectivity index (χ0) is 22.4. The number of nitrogens with zero attached hydrogens (tertiary/aromatic N) is 3. The van der Waals surface area contributed by atoms with Crippen LogP contribution in [0.1, 0.15) is 56.1 Å². The van der Waals surface area contributed by atoms with Gasteiger partial charge in [0, 0.05) is 57.4 Å². The Morgan fingerprint density at radius 1 is 1.16 bits per heavy atom. The van der Waals surface area contributed by atoms with Crippen molar-refractivity contribution >= 4 is 12.0 Å². The van der Waals surface area contributed by atoms with E-state index in [4.69, 9.17) is 15.2 Å². The zero-order valence-corrected chi connectivity index (χ0v) is 19.0. The van der Waals surface area contributed by atoms with Gasteiger partial charge in [0.2, 0.25) is 0 Å². The molecule has 1 aliphatic carbocycles. The van der Waals surface area contributed by atoms with Gasteiger partial charge < -0.3 is 20.1 Å². The number of ether oxygens (including phenoxy) is 2. The Hall–Kier alpha value is -2.19. The minimum atomic E-state index is -0.521. The Labute approximate surface area is 184 Å². The highest BCUT2D eigenvalue weighted by Crippen LogP contribution is 2.52. The number of nitrogens with two attached hydrogens (primary N) is 1. The number of rotatable bonds is 4. The Balaban J connectivity index is 1.49. The summed E-state index contributed by atoms with van der Waals surface area (Å²) in [7, 11) is 1.78. The molecule has 170 valence electrons. The Morgan fingerprint density at radius 3 is 2.35 bits per heavy atom. The lowest BCUT2D eigenvalue weighted by Crippen LogP contribution is -2.67. The molecule has 3 aliphatic rings. The van der Waals surface area contributed by atoms with Gasteiger partial charge in [0.05, 0.1) is 0 Å². The average Bonchev–Trinajstić information content (AvgIpc) is 2.64. The normalized spacial score (nSPS) is 29.4. The first kappa shape index (κ1) is 22.0. The topological polar surface area (TPSA) is 98.0 Å². The van der Waals surface area contributed by atoms with E-state index in [9.17, 15) is 9.59 Å². The third-order valence-corrected chi connectivity index (χ3v) is 7.06. The fraction of sp³-hybridized carbons (Fsp3) is 0.696. The van der Waals surface area contributed by atoms with Gasteiger partial charge in [0.25, 0.3) is 5.91 Å². The lowest BCUT2D eigenvalue weighted by atomic mass is 9.62. The van der Waals surface area contributed by atoms with Crippen molar-refractivity contribution in [2.75, 3.05) is 33.3 Å². The van der Waals surface area contributed by atoms with Crippen molar-refractivity contribution in [3.05, 3.63) is 29.6 Å². The summed E-state index contributed by atoms with van der Waals surface area (Å²) in [5.41, 5.74) is 5.85. The molecule has 1 unspecified atom stereocenters. The second-order valence-corrected chi connectivity index (χ2v) is 10.1. The van der Waals surface area contributed by atoms with Crippen molar-refractivity contribution in [2.24, 2.45) is 17.6 Å². The summed E-state index contributed by atoms with van der Waals surface area (Å²) in [5, 5.41) is 0. The zero-order valence-electron chi connectivity index (χ0n) is 19.0. The number of hydrogen-bond donors (Lipinski definition) is 1. The molecule has 3 fully saturated rings. The van der Waals surface area contributed by atoms with E-state index in [-0.39, 0.29) is 11.8 Å². The van der Waals surface area contributed by atoms with E-state index in [1.165, 1.54) is 6.42 Å². The summed E-state index contributed by atoms with van der Waals surface area (Å²) < 4.78 is 11.8. The highest BCUT2D eigenvalue weighted by molar-refractivity contribution is 5.90. The summed E-state index contributed by atoms with van der Waals surface area (Å²) in [6, 6.07) is 4.12. The number of pyridine rings is 1. The van der Waals surface area contributed by atoms with E-state index in [0.29, 0.717) is 31.0 Å². The lowest BCUT2D eigenvalue weighted by Gasteiger charge is -2.58. The van der Waals surface area contributed by atoms with Crippen LogP contribution in [0.5, 0.6) is 0 Å². The molecule has 2 saturated heterocycles. The molecule has 0 radical (unpaired) electrons. The van der Waals surface area contributed by atoms with Crippen molar-refractivity contribution in [2.45, 2.75) is 57.3 Å². The van der Waals surface area contributed by atoms with Gasteiger partial charge in [-0.1, -0.05) is 6.42 Å². The molecule has 8 heteroatoms. The Morgan fingerprint density at radius 2 is 1.81 bits per heavy atom. The number of carbonyl (C=O) groups is 2. The molecule has 31 heavy (non-hydrogen) atoms. The van der Waals surface area contributed by atoms with Gasteiger partial charge in [-0.2, -0.15) is 0 Å². The first-order valence-electron chi connectivity index (χ1n) is 11.2. The van der Waals surface area contributed by atoms with E-state index >= 15 is 0 Å². The minimum Gasteiger partial charge on any atom is -0.444 e. The quantitative estimate of drug-likeness (QED) is 0.788. The van der Waals surface area contributed by atoms with Crippen LogP contribution in [0.15, 0.2) is 18.3 Å². The van der Waals surface area contributed by atoms with E-state index in [2.05, 4.69) is 9.88 Å². The highest BCUT2D eigenvalue weighted by Gasteiger charge is 2.55. The van der Waals surface area contributed by atoms with Gasteiger partial charge in [-0.15, -0.1) is 0 Å². The van der Waals surface area contributed by atoms with Crippen LogP contribution in [-0.2, 0) is 15.1 Å². The molecule has 2 N–H and O–H groups in total. The molecule has 3 atom stereocenters. The van der Waals surface area contributed by atoms with E-state index in [1.807, 2.05) is 26.8 Å². The van der Waals surface area contributed by atoms with E-state index in [0.717, 1.165) is 31.5 Å². The highest BCUT2D eigenvalue weighted by atomic mass is 16.6. The van der Waals surface area contributed by atoms with Crippen molar-refractivity contribution in [3.63, 3.8) is 0 Å². The third kappa shape index (κ3) is 4.03. The van der Waals surface area contributed by atoms with E-state index in [1.54, 1.807) is 24.3 Å². The number of aromatic nitrogens is 1. The smallest absolute Gasteiger partial charge is 0.410 e. The molecule has 8 nitrogen and oxygen atoms in total. The minimum absolute atomic E-state index is 0.233. The Kier molecular flexibility index (Phi) is 5.72. The summed E-state index contributed by atoms with van der Waals surface area (Å²) >= 11 is 0. The first-order valence-corrected chi connectivity index (χ1v) is 11.2. The van der Waals surface area contributed by atoms with Crippen LogP contribution in [0, 0.1) is 11.8 Å². The van der Waals surface area contributed by atoms with Gasteiger partial charge in [0.1, 0.15) is 16.9 Å². The molecule has 0 spiro atoms. The Bertz CT molecular complexity index is 832.